The summed E-state index contributed by atoms with van der Waals surface area (Å²) in [4.78, 5) is 17.5. The summed E-state index contributed by atoms with van der Waals surface area (Å²) in [6.07, 6.45) is 8.54. The summed E-state index contributed by atoms with van der Waals surface area (Å²) in [7, 11) is 0. The zero-order valence-electron chi connectivity index (χ0n) is 17.6. The van der Waals surface area contributed by atoms with E-state index in [1.54, 1.807) is 11.3 Å². The second-order valence-corrected chi connectivity index (χ2v) is 9.77. The first-order valence-corrected chi connectivity index (χ1v) is 12.1. The van der Waals surface area contributed by atoms with Crippen LogP contribution in [0.25, 0.3) is 10.2 Å². The smallest absolute Gasteiger partial charge is 0.262 e. The largest absolute Gasteiger partial charge is 0.336 e. The Hall–Kier alpha value is -2.18. The number of hydrogen-bond acceptors (Lipinski definition) is 4. The molecule has 0 radical (unpaired) electrons. The molecular formula is C24H30N4OS. The van der Waals surface area contributed by atoms with Crippen LogP contribution in [0.1, 0.15) is 71.9 Å². The molecule has 1 unspecified atom stereocenters. The summed E-state index contributed by atoms with van der Waals surface area (Å²) in [5, 5.41) is 9.27. The molecule has 6 heteroatoms. The number of benzene rings is 1. The molecule has 1 amide bonds. The van der Waals surface area contributed by atoms with Crippen LogP contribution in [0.4, 0.5) is 0 Å². The summed E-state index contributed by atoms with van der Waals surface area (Å²) in [6, 6.07) is 13.0. The van der Waals surface area contributed by atoms with Crippen LogP contribution in [0, 0.1) is 6.92 Å². The third-order valence-corrected chi connectivity index (χ3v) is 7.73. The highest BCUT2D eigenvalue weighted by Gasteiger charge is 2.28. The molecule has 1 saturated carbocycles. The van der Waals surface area contributed by atoms with Crippen molar-refractivity contribution >= 4 is 27.5 Å². The van der Waals surface area contributed by atoms with Gasteiger partial charge >= 0.3 is 0 Å². The van der Waals surface area contributed by atoms with Gasteiger partial charge in [0.2, 0.25) is 0 Å². The number of aryl methyl sites for hydroxylation is 1. The molecule has 1 aromatic carbocycles. The predicted octanol–water partition coefficient (Wildman–Crippen LogP) is 5.26. The van der Waals surface area contributed by atoms with E-state index in [2.05, 4.69) is 46.1 Å². The molecular weight excluding hydrogens is 392 g/mol. The lowest BCUT2D eigenvalue weighted by molar-refractivity contribution is 0.0885. The number of carbonyl (C=O) groups is 1. The quantitative estimate of drug-likeness (QED) is 0.610. The molecule has 5 nitrogen and oxygen atoms in total. The van der Waals surface area contributed by atoms with Crippen molar-refractivity contribution in [1.82, 2.24) is 20.0 Å². The van der Waals surface area contributed by atoms with Crippen molar-refractivity contribution in [2.75, 3.05) is 6.54 Å². The number of thiophene rings is 1. The van der Waals surface area contributed by atoms with Gasteiger partial charge in [-0.3, -0.25) is 14.4 Å². The summed E-state index contributed by atoms with van der Waals surface area (Å²) >= 11 is 1.60. The van der Waals surface area contributed by atoms with E-state index in [0.717, 1.165) is 46.7 Å². The number of hydrogen-bond donors (Lipinski definition) is 1. The molecule has 2 fully saturated rings. The lowest BCUT2D eigenvalue weighted by Crippen LogP contribution is -2.43. The van der Waals surface area contributed by atoms with Crippen molar-refractivity contribution in [3.05, 3.63) is 52.5 Å². The third kappa shape index (κ3) is 3.91. The van der Waals surface area contributed by atoms with Crippen molar-refractivity contribution in [3.63, 3.8) is 0 Å². The molecule has 5 rings (SSSR count). The Morgan fingerprint density at radius 1 is 1.13 bits per heavy atom. The van der Waals surface area contributed by atoms with Gasteiger partial charge < -0.3 is 5.32 Å². The van der Waals surface area contributed by atoms with E-state index in [9.17, 15) is 4.79 Å². The van der Waals surface area contributed by atoms with Crippen LogP contribution in [0.5, 0.6) is 0 Å². The topological polar surface area (TPSA) is 50.2 Å². The lowest BCUT2D eigenvalue weighted by Gasteiger charge is -2.25. The van der Waals surface area contributed by atoms with Crippen molar-refractivity contribution in [2.24, 2.45) is 0 Å². The predicted molar refractivity (Wildman–Crippen MR) is 122 cm³/mol. The Kier molecular flexibility index (Phi) is 5.61. The number of carbonyl (C=O) groups excluding carboxylic acids is 1. The number of likely N-dealkylation sites (tertiary alicyclic amines) is 1. The molecule has 3 heterocycles. The highest BCUT2D eigenvalue weighted by molar-refractivity contribution is 7.20. The molecule has 1 N–H and O–H groups in total. The molecule has 2 aliphatic rings. The molecule has 1 atom stereocenters. The van der Waals surface area contributed by atoms with Crippen LogP contribution >= 0.6 is 11.3 Å². The SMILES string of the molecule is Cc1nn(C2CCCCC2)c2sc(C(=O)NC3CCCN3Cc3ccccc3)cc12. The first-order chi connectivity index (χ1) is 14.7. The Morgan fingerprint density at radius 3 is 2.73 bits per heavy atom. The summed E-state index contributed by atoms with van der Waals surface area (Å²) in [5.74, 6) is 0.0516. The number of fused-ring (bicyclic) bond motifs is 1. The maximum Gasteiger partial charge on any atom is 0.262 e. The maximum atomic E-state index is 13.1. The van der Waals surface area contributed by atoms with E-state index in [-0.39, 0.29) is 12.1 Å². The number of nitrogens with zero attached hydrogens (tertiary/aromatic N) is 3. The molecule has 0 spiro atoms. The summed E-state index contributed by atoms with van der Waals surface area (Å²) < 4.78 is 2.21. The van der Waals surface area contributed by atoms with Gasteiger partial charge in [0.05, 0.1) is 22.8 Å². The zero-order valence-corrected chi connectivity index (χ0v) is 18.5. The van der Waals surface area contributed by atoms with Gasteiger partial charge in [0.15, 0.2) is 0 Å². The molecule has 1 saturated heterocycles. The second-order valence-electron chi connectivity index (χ2n) is 8.74. The second kappa shape index (κ2) is 8.52. The monoisotopic (exact) mass is 422 g/mol. The van der Waals surface area contributed by atoms with E-state index < -0.39 is 0 Å². The van der Waals surface area contributed by atoms with Crippen LogP contribution in [0.2, 0.25) is 0 Å². The first-order valence-electron chi connectivity index (χ1n) is 11.3. The summed E-state index contributed by atoms with van der Waals surface area (Å²) in [6.45, 7) is 3.98. The normalized spacial score (nSPS) is 20.8. The van der Waals surface area contributed by atoms with Crippen LogP contribution in [0.3, 0.4) is 0 Å². The fourth-order valence-electron chi connectivity index (χ4n) is 4.98. The average Bonchev–Trinajstić information content (AvgIpc) is 3.47. The van der Waals surface area contributed by atoms with Gasteiger partial charge in [0, 0.05) is 18.5 Å². The van der Waals surface area contributed by atoms with Gasteiger partial charge in [-0.15, -0.1) is 11.3 Å². The van der Waals surface area contributed by atoms with Crippen LogP contribution in [0.15, 0.2) is 36.4 Å². The minimum Gasteiger partial charge on any atom is -0.336 e. The van der Waals surface area contributed by atoms with Gasteiger partial charge in [-0.05, 0) is 44.2 Å². The van der Waals surface area contributed by atoms with Crippen LogP contribution in [-0.4, -0.2) is 33.3 Å². The maximum absolute atomic E-state index is 13.1. The fourth-order valence-corrected chi connectivity index (χ4v) is 6.11. The van der Waals surface area contributed by atoms with E-state index >= 15 is 0 Å². The minimum absolute atomic E-state index is 0.0516. The standard InChI is InChI=1S/C24H30N4OS/c1-17-20-15-21(30-24(20)28(26-17)19-11-6-3-7-12-19)23(29)25-22-13-8-14-27(22)16-18-9-4-2-5-10-18/h2,4-5,9-10,15,19,22H,3,6-8,11-14,16H2,1H3,(H,25,29). The fraction of sp³-hybridized carbons (Fsp3) is 0.500. The van der Waals surface area contributed by atoms with E-state index in [0.29, 0.717) is 6.04 Å². The Labute approximate surface area is 182 Å². The number of rotatable bonds is 5. The molecule has 30 heavy (non-hydrogen) atoms. The van der Waals surface area contributed by atoms with Gasteiger partial charge in [0.25, 0.3) is 5.91 Å². The average molecular weight is 423 g/mol. The molecule has 3 aromatic rings. The molecule has 2 aromatic heterocycles. The Balaban J connectivity index is 1.32. The highest BCUT2D eigenvalue weighted by atomic mass is 32.1. The highest BCUT2D eigenvalue weighted by Crippen LogP contribution is 2.35. The van der Waals surface area contributed by atoms with E-state index in [1.165, 1.54) is 37.7 Å². The van der Waals surface area contributed by atoms with Gasteiger partial charge in [-0.1, -0.05) is 49.6 Å². The molecule has 1 aliphatic heterocycles. The van der Waals surface area contributed by atoms with Crippen molar-refractivity contribution < 1.29 is 4.79 Å². The Bertz CT molecular complexity index is 1020. The first kappa shape index (κ1) is 19.8. The number of nitrogens with one attached hydrogen (secondary N) is 1. The molecule has 1 aliphatic carbocycles. The minimum atomic E-state index is 0.0516. The Morgan fingerprint density at radius 2 is 1.93 bits per heavy atom. The number of amides is 1. The van der Waals surface area contributed by atoms with Crippen LogP contribution < -0.4 is 5.32 Å². The van der Waals surface area contributed by atoms with Gasteiger partial charge in [-0.25, -0.2) is 0 Å². The summed E-state index contributed by atoms with van der Waals surface area (Å²) in [5.41, 5.74) is 2.33. The van der Waals surface area contributed by atoms with Crippen molar-refractivity contribution in [2.45, 2.75) is 70.6 Å². The molecule has 158 valence electrons. The van der Waals surface area contributed by atoms with Crippen LogP contribution in [-0.2, 0) is 6.54 Å². The number of aromatic nitrogens is 2. The van der Waals surface area contributed by atoms with Crippen molar-refractivity contribution in [3.8, 4) is 0 Å². The van der Waals surface area contributed by atoms with E-state index in [4.69, 9.17) is 5.10 Å². The van der Waals surface area contributed by atoms with Crippen molar-refractivity contribution in [1.29, 1.82) is 0 Å². The molecule has 0 bridgehead atoms. The van der Waals surface area contributed by atoms with Gasteiger partial charge in [0.1, 0.15) is 4.83 Å². The zero-order chi connectivity index (χ0) is 20.5. The van der Waals surface area contributed by atoms with E-state index in [1.807, 2.05) is 12.1 Å². The lowest BCUT2D eigenvalue weighted by atomic mass is 9.96. The van der Waals surface area contributed by atoms with Gasteiger partial charge in [-0.2, -0.15) is 5.10 Å². The third-order valence-electron chi connectivity index (χ3n) is 6.60.